The molecular formula is C19H18F3NO5. The van der Waals surface area contributed by atoms with Crippen LogP contribution in [0.3, 0.4) is 0 Å². The number of alkyl halides is 3. The largest absolute Gasteiger partial charge is 0.495 e. The maximum atomic E-state index is 12.7. The van der Waals surface area contributed by atoms with Crippen molar-refractivity contribution in [1.29, 1.82) is 0 Å². The summed E-state index contributed by atoms with van der Waals surface area (Å²) >= 11 is 0. The summed E-state index contributed by atoms with van der Waals surface area (Å²) in [6.45, 7) is 0.709. The number of halogens is 3. The summed E-state index contributed by atoms with van der Waals surface area (Å²) in [7, 11) is 1.44. The number of amides is 1. The number of methoxy groups -OCH3 is 1. The fourth-order valence-corrected chi connectivity index (χ4v) is 2.17. The van der Waals surface area contributed by atoms with Gasteiger partial charge < -0.3 is 19.5 Å². The Morgan fingerprint density at radius 2 is 1.82 bits per heavy atom. The van der Waals surface area contributed by atoms with E-state index in [2.05, 4.69) is 5.32 Å². The summed E-state index contributed by atoms with van der Waals surface area (Å²) < 4.78 is 53.0. The summed E-state index contributed by atoms with van der Waals surface area (Å²) in [5.41, 5.74) is -0.499. The van der Waals surface area contributed by atoms with Gasteiger partial charge in [-0.1, -0.05) is 18.2 Å². The number of esters is 1. The van der Waals surface area contributed by atoms with Crippen molar-refractivity contribution in [2.24, 2.45) is 0 Å². The molecule has 0 aliphatic carbocycles. The summed E-state index contributed by atoms with van der Waals surface area (Å²) in [5.74, 6) is -1.21. The topological polar surface area (TPSA) is 73.9 Å². The molecule has 1 atom stereocenters. The molecule has 0 aliphatic heterocycles. The van der Waals surface area contributed by atoms with E-state index in [1.807, 2.05) is 0 Å². The van der Waals surface area contributed by atoms with Crippen molar-refractivity contribution < 1.29 is 37.0 Å². The molecule has 0 fully saturated rings. The first-order valence-electron chi connectivity index (χ1n) is 8.14. The van der Waals surface area contributed by atoms with Crippen molar-refractivity contribution in [3.05, 3.63) is 54.1 Å². The molecule has 0 saturated carbocycles. The van der Waals surface area contributed by atoms with Gasteiger partial charge in [0.2, 0.25) is 0 Å². The smallest absolute Gasteiger partial charge is 0.416 e. The highest BCUT2D eigenvalue weighted by Gasteiger charge is 2.30. The number of hydrogen-bond acceptors (Lipinski definition) is 5. The highest BCUT2D eigenvalue weighted by Crippen LogP contribution is 2.31. The molecule has 0 saturated heterocycles. The number of anilines is 1. The molecule has 28 heavy (non-hydrogen) atoms. The lowest BCUT2D eigenvalue weighted by Crippen LogP contribution is -2.31. The molecular weight excluding hydrogens is 379 g/mol. The number of carbonyl (C=O) groups excluding carboxylic acids is 2. The second kappa shape index (κ2) is 9.12. The Kier molecular flexibility index (Phi) is 6.86. The van der Waals surface area contributed by atoms with E-state index in [0.717, 1.165) is 18.2 Å². The number of hydrogen-bond donors (Lipinski definition) is 1. The van der Waals surface area contributed by atoms with Gasteiger partial charge in [-0.3, -0.25) is 4.79 Å². The fraction of sp³-hybridized carbons (Fsp3) is 0.263. The van der Waals surface area contributed by atoms with Crippen LogP contribution in [0.2, 0.25) is 0 Å². The lowest BCUT2D eigenvalue weighted by atomic mass is 10.2. The Balaban J connectivity index is 1.88. The lowest BCUT2D eigenvalue weighted by molar-refractivity contribution is -0.155. The fourth-order valence-electron chi connectivity index (χ4n) is 2.17. The third kappa shape index (κ3) is 5.90. The van der Waals surface area contributed by atoms with E-state index in [0.29, 0.717) is 11.4 Å². The van der Waals surface area contributed by atoms with Gasteiger partial charge in [-0.15, -0.1) is 0 Å². The molecule has 0 bridgehead atoms. The van der Waals surface area contributed by atoms with Gasteiger partial charge in [0.05, 0.1) is 18.4 Å². The van der Waals surface area contributed by atoms with Crippen LogP contribution in [0.4, 0.5) is 18.9 Å². The predicted octanol–water partition coefficient (Wildman–Crippen LogP) is 3.66. The number of nitrogens with one attached hydrogen (secondary N) is 1. The highest BCUT2D eigenvalue weighted by atomic mass is 19.4. The van der Waals surface area contributed by atoms with Crippen LogP contribution in [-0.4, -0.2) is 31.7 Å². The van der Waals surface area contributed by atoms with Crippen LogP contribution in [-0.2, 0) is 20.5 Å². The Bertz CT molecular complexity index is 838. The molecule has 0 aliphatic rings. The first kappa shape index (κ1) is 21.1. The molecule has 150 valence electrons. The Labute approximate surface area is 159 Å². The maximum Gasteiger partial charge on any atom is 0.416 e. The third-order valence-electron chi connectivity index (χ3n) is 3.56. The monoisotopic (exact) mass is 397 g/mol. The number of rotatable bonds is 7. The van der Waals surface area contributed by atoms with Gasteiger partial charge in [0.15, 0.2) is 12.7 Å². The van der Waals surface area contributed by atoms with Crippen LogP contribution in [0.25, 0.3) is 0 Å². The molecule has 2 aromatic carbocycles. The zero-order valence-corrected chi connectivity index (χ0v) is 15.1. The van der Waals surface area contributed by atoms with E-state index in [4.69, 9.17) is 14.2 Å². The van der Waals surface area contributed by atoms with Crippen molar-refractivity contribution in [3.8, 4) is 11.5 Å². The number of ether oxygens (including phenoxy) is 3. The second-order valence-corrected chi connectivity index (χ2v) is 5.64. The summed E-state index contributed by atoms with van der Waals surface area (Å²) in [4.78, 5) is 24.0. The van der Waals surface area contributed by atoms with E-state index in [9.17, 15) is 22.8 Å². The summed E-state index contributed by atoms with van der Waals surface area (Å²) in [6.07, 6.45) is -5.67. The lowest BCUT2D eigenvalue weighted by Gasteiger charge is -2.15. The minimum Gasteiger partial charge on any atom is -0.495 e. The molecule has 9 heteroatoms. The van der Waals surface area contributed by atoms with Gasteiger partial charge in [0, 0.05) is 0 Å². The van der Waals surface area contributed by atoms with Gasteiger partial charge in [-0.05, 0) is 37.3 Å². The zero-order chi connectivity index (χ0) is 20.7. The van der Waals surface area contributed by atoms with Crippen LogP contribution in [0.5, 0.6) is 11.5 Å². The molecule has 2 aromatic rings. The van der Waals surface area contributed by atoms with E-state index in [-0.39, 0.29) is 5.75 Å². The average Bonchev–Trinajstić information content (AvgIpc) is 2.66. The average molecular weight is 397 g/mol. The molecule has 0 radical (unpaired) electrons. The van der Waals surface area contributed by atoms with Crippen LogP contribution in [0, 0.1) is 0 Å². The van der Waals surface area contributed by atoms with Gasteiger partial charge >= 0.3 is 12.1 Å². The first-order chi connectivity index (χ1) is 13.2. The van der Waals surface area contributed by atoms with Crippen molar-refractivity contribution in [1.82, 2.24) is 0 Å². The van der Waals surface area contributed by atoms with Crippen molar-refractivity contribution in [3.63, 3.8) is 0 Å². The van der Waals surface area contributed by atoms with Crippen LogP contribution >= 0.6 is 0 Å². The van der Waals surface area contributed by atoms with Crippen molar-refractivity contribution in [2.75, 3.05) is 19.0 Å². The predicted molar refractivity (Wildman–Crippen MR) is 94.1 cm³/mol. The minimum absolute atomic E-state index is 0.141. The SMILES string of the molecule is COc1ccccc1NC(=O)[C@H](C)OC(=O)COc1cccc(C(F)(F)F)c1. The standard InChI is InChI=1S/C19H18F3NO5/c1-12(18(25)23-15-8-3-4-9-16(15)26-2)28-17(24)11-27-14-7-5-6-13(10-14)19(20,21)22/h3-10,12H,11H2,1-2H3,(H,23,25)/t12-/m0/s1. The van der Waals surface area contributed by atoms with Crippen LogP contribution in [0.15, 0.2) is 48.5 Å². The van der Waals surface area contributed by atoms with Crippen LogP contribution < -0.4 is 14.8 Å². The number of benzene rings is 2. The number of carbonyl (C=O) groups is 2. The zero-order valence-electron chi connectivity index (χ0n) is 15.1. The molecule has 1 amide bonds. The molecule has 0 unspecified atom stereocenters. The minimum atomic E-state index is -4.52. The molecule has 0 spiro atoms. The molecule has 2 rings (SSSR count). The van der Waals surface area contributed by atoms with Crippen molar-refractivity contribution >= 4 is 17.6 Å². The molecule has 1 N–H and O–H groups in total. The Hall–Kier alpha value is -3.23. The van der Waals surface area contributed by atoms with Crippen molar-refractivity contribution in [2.45, 2.75) is 19.2 Å². The van der Waals surface area contributed by atoms with E-state index in [1.54, 1.807) is 24.3 Å². The van der Waals surface area contributed by atoms with Gasteiger partial charge in [0.25, 0.3) is 5.91 Å². The van der Waals surface area contributed by atoms with Crippen LogP contribution in [0.1, 0.15) is 12.5 Å². The van der Waals surface area contributed by atoms with E-state index in [1.165, 1.54) is 20.1 Å². The van der Waals surface area contributed by atoms with E-state index >= 15 is 0 Å². The number of para-hydroxylation sites is 2. The molecule has 0 heterocycles. The first-order valence-corrected chi connectivity index (χ1v) is 8.14. The quantitative estimate of drug-likeness (QED) is 0.722. The van der Waals surface area contributed by atoms with E-state index < -0.39 is 36.3 Å². The van der Waals surface area contributed by atoms with Gasteiger partial charge in [-0.2, -0.15) is 13.2 Å². The summed E-state index contributed by atoms with van der Waals surface area (Å²) in [6, 6.07) is 10.8. The molecule has 6 nitrogen and oxygen atoms in total. The van der Waals surface area contributed by atoms with Gasteiger partial charge in [0.1, 0.15) is 11.5 Å². The Morgan fingerprint density at radius 1 is 1.11 bits per heavy atom. The summed E-state index contributed by atoms with van der Waals surface area (Å²) in [5, 5.41) is 2.56. The Morgan fingerprint density at radius 3 is 2.50 bits per heavy atom. The molecule has 0 aromatic heterocycles. The maximum absolute atomic E-state index is 12.7. The third-order valence-corrected chi connectivity index (χ3v) is 3.56. The normalized spacial score (nSPS) is 12.0. The highest BCUT2D eigenvalue weighted by molar-refractivity contribution is 5.96. The van der Waals surface area contributed by atoms with Gasteiger partial charge in [-0.25, -0.2) is 4.79 Å². The second-order valence-electron chi connectivity index (χ2n) is 5.64.